The summed E-state index contributed by atoms with van der Waals surface area (Å²) in [6, 6.07) is 0. The molecule has 0 saturated carbocycles. The molecule has 1 aliphatic heterocycles. The standard InChI is InChI=1S/C15H17N3O/c1-10-14(11-5-7-16-8-6-11)15(18-17-10)12-3-2-4-13(19)9-12/h2-3,5,7-9,11,13,19H,4,6H2,1H3,(H,17,18). The van der Waals surface area contributed by atoms with E-state index in [0.29, 0.717) is 12.3 Å². The van der Waals surface area contributed by atoms with E-state index in [9.17, 15) is 5.11 Å². The predicted molar refractivity (Wildman–Crippen MR) is 76.1 cm³/mol. The fraction of sp³-hybridized carbons (Fsp3) is 0.333. The fourth-order valence-corrected chi connectivity index (χ4v) is 2.62. The van der Waals surface area contributed by atoms with E-state index in [0.717, 1.165) is 23.4 Å². The van der Waals surface area contributed by atoms with E-state index in [2.05, 4.69) is 21.3 Å². The van der Waals surface area contributed by atoms with Crippen LogP contribution < -0.4 is 0 Å². The summed E-state index contributed by atoms with van der Waals surface area (Å²) in [6.07, 6.45) is 12.9. The summed E-state index contributed by atoms with van der Waals surface area (Å²) in [5.74, 6) is 0.305. The number of aryl methyl sites for hydroxylation is 1. The van der Waals surface area contributed by atoms with Gasteiger partial charge < -0.3 is 5.11 Å². The number of hydrogen-bond donors (Lipinski definition) is 2. The third-order valence-corrected chi connectivity index (χ3v) is 3.55. The van der Waals surface area contributed by atoms with Crippen molar-refractivity contribution in [3.05, 3.63) is 47.5 Å². The number of rotatable bonds is 2. The van der Waals surface area contributed by atoms with Crippen LogP contribution in [0.2, 0.25) is 0 Å². The Hall–Kier alpha value is -1.94. The second-order valence-electron chi connectivity index (χ2n) is 4.95. The zero-order valence-corrected chi connectivity index (χ0v) is 10.9. The third-order valence-electron chi connectivity index (χ3n) is 3.55. The molecule has 0 radical (unpaired) electrons. The summed E-state index contributed by atoms with van der Waals surface area (Å²) in [6.45, 7) is 2.04. The maximum Gasteiger partial charge on any atom is 0.0959 e. The van der Waals surface area contributed by atoms with Gasteiger partial charge in [0.25, 0.3) is 0 Å². The smallest absolute Gasteiger partial charge is 0.0959 e. The summed E-state index contributed by atoms with van der Waals surface area (Å²) in [4.78, 5) is 4.12. The van der Waals surface area contributed by atoms with Crippen molar-refractivity contribution in [3.63, 3.8) is 0 Å². The summed E-state index contributed by atoms with van der Waals surface area (Å²) in [5, 5.41) is 17.2. The highest BCUT2D eigenvalue weighted by molar-refractivity contribution is 5.76. The lowest BCUT2D eigenvalue weighted by Crippen LogP contribution is -2.07. The second kappa shape index (κ2) is 4.97. The average Bonchev–Trinajstić information content (AvgIpc) is 2.82. The van der Waals surface area contributed by atoms with Crippen LogP contribution in [-0.4, -0.2) is 27.6 Å². The molecule has 2 heterocycles. The Kier molecular flexibility index (Phi) is 3.17. The topological polar surface area (TPSA) is 61.3 Å². The van der Waals surface area contributed by atoms with E-state index in [1.165, 1.54) is 5.56 Å². The first-order valence-electron chi connectivity index (χ1n) is 6.55. The molecule has 2 atom stereocenters. The lowest BCUT2D eigenvalue weighted by Gasteiger charge is -2.16. The normalized spacial score (nSPS) is 25.7. The molecule has 4 nitrogen and oxygen atoms in total. The highest BCUT2D eigenvalue weighted by Crippen LogP contribution is 2.33. The minimum atomic E-state index is -0.409. The van der Waals surface area contributed by atoms with Crippen LogP contribution in [0.5, 0.6) is 0 Å². The van der Waals surface area contributed by atoms with Crippen LogP contribution in [-0.2, 0) is 0 Å². The molecular formula is C15H17N3O. The van der Waals surface area contributed by atoms with E-state index in [4.69, 9.17) is 0 Å². The van der Waals surface area contributed by atoms with Crippen LogP contribution in [0.15, 0.2) is 35.5 Å². The first-order chi connectivity index (χ1) is 9.25. The molecule has 0 bridgehead atoms. The number of nitrogens with zero attached hydrogens (tertiary/aromatic N) is 2. The van der Waals surface area contributed by atoms with Crippen LogP contribution in [0.25, 0.3) is 5.57 Å². The zero-order chi connectivity index (χ0) is 13.2. The Morgan fingerprint density at radius 3 is 3.00 bits per heavy atom. The third kappa shape index (κ3) is 2.31. The number of allylic oxidation sites excluding steroid dienone is 3. The van der Waals surface area contributed by atoms with Gasteiger partial charge in [0.05, 0.1) is 11.8 Å². The van der Waals surface area contributed by atoms with Crippen LogP contribution in [0.3, 0.4) is 0 Å². The van der Waals surface area contributed by atoms with Gasteiger partial charge in [0.15, 0.2) is 0 Å². The van der Waals surface area contributed by atoms with Gasteiger partial charge in [-0.15, -0.1) is 0 Å². The molecule has 0 saturated heterocycles. The van der Waals surface area contributed by atoms with E-state index in [1.54, 1.807) is 0 Å². The molecule has 2 N–H and O–H groups in total. The second-order valence-corrected chi connectivity index (χ2v) is 4.95. The number of aromatic nitrogens is 2. The number of H-pyrrole nitrogens is 1. The Bertz CT molecular complexity index is 593. The first kappa shape index (κ1) is 12.1. The predicted octanol–water partition coefficient (Wildman–Crippen LogP) is 2.49. The van der Waals surface area contributed by atoms with Crippen LogP contribution >= 0.6 is 0 Å². The molecule has 0 spiro atoms. The molecule has 2 unspecified atom stereocenters. The molecule has 98 valence electrons. The molecule has 0 fully saturated rings. The van der Waals surface area contributed by atoms with E-state index in [-0.39, 0.29) is 0 Å². The maximum atomic E-state index is 9.75. The van der Waals surface area contributed by atoms with Gasteiger partial charge in [0.1, 0.15) is 0 Å². The molecule has 3 rings (SSSR count). The monoisotopic (exact) mass is 255 g/mol. The number of hydrogen-bond acceptors (Lipinski definition) is 3. The summed E-state index contributed by atoms with van der Waals surface area (Å²) >= 11 is 0. The fourth-order valence-electron chi connectivity index (χ4n) is 2.62. The zero-order valence-electron chi connectivity index (χ0n) is 10.9. The van der Waals surface area contributed by atoms with Crippen molar-refractivity contribution in [2.75, 3.05) is 0 Å². The Balaban J connectivity index is 2.01. The van der Waals surface area contributed by atoms with Gasteiger partial charge in [-0.1, -0.05) is 18.2 Å². The van der Waals surface area contributed by atoms with Crippen molar-refractivity contribution < 1.29 is 5.11 Å². The first-order valence-corrected chi connectivity index (χ1v) is 6.55. The Morgan fingerprint density at radius 1 is 1.37 bits per heavy atom. The largest absolute Gasteiger partial charge is 0.389 e. The SMILES string of the molecule is Cc1[nH]nc(C2=CC(O)CC=C2)c1C1C=CN=CC1. The summed E-state index contributed by atoms with van der Waals surface area (Å²) in [5.41, 5.74) is 4.22. The molecule has 19 heavy (non-hydrogen) atoms. The van der Waals surface area contributed by atoms with Gasteiger partial charge in [-0.2, -0.15) is 5.10 Å². The van der Waals surface area contributed by atoms with E-state index < -0.39 is 6.10 Å². The van der Waals surface area contributed by atoms with Gasteiger partial charge in [-0.05, 0) is 25.8 Å². The summed E-state index contributed by atoms with van der Waals surface area (Å²) < 4.78 is 0. The highest BCUT2D eigenvalue weighted by Gasteiger charge is 2.21. The van der Waals surface area contributed by atoms with Gasteiger partial charge in [-0.25, -0.2) is 0 Å². The molecule has 1 aliphatic carbocycles. The average molecular weight is 255 g/mol. The van der Waals surface area contributed by atoms with Gasteiger partial charge in [-0.3, -0.25) is 10.1 Å². The lowest BCUT2D eigenvalue weighted by atomic mass is 9.89. The van der Waals surface area contributed by atoms with E-state index >= 15 is 0 Å². The molecule has 0 amide bonds. The Labute approximate surface area is 112 Å². The van der Waals surface area contributed by atoms with Crippen molar-refractivity contribution in [1.82, 2.24) is 10.2 Å². The van der Waals surface area contributed by atoms with Crippen molar-refractivity contribution in [2.24, 2.45) is 4.99 Å². The molecule has 4 heteroatoms. The lowest BCUT2D eigenvalue weighted by molar-refractivity contribution is 0.226. The van der Waals surface area contributed by atoms with Crippen molar-refractivity contribution in [2.45, 2.75) is 31.8 Å². The quantitative estimate of drug-likeness (QED) is 0.853. The van der Waals surface area contributed by atoms with Crippen molar-refractivity contribution in [3.8, 4) is 0 Å². The number of nitrogens with one attached hydrogen (secondary N) is 1. The molecule has 2 aliphatic rings. The molecular weight excluding hydrogens is 238 g/mol. The molecule has 0 aromatic carbocycles. The van der Waals surface area contributed by atoms with Gasteiger partial charge in [0, 0.05) is 35.2 Å². The van der Waals surface area contributed by atoms with Gasteiger partial charge in [0.2, 0.25) is 0 Å². The number of aromatic amines is 1. The minimum absolute atomic E-state index is 0.305. The van der Waals surface area contributed by atoms with Crippen molar-refractivity contribution in [1.29, 1.82) is 0 Å². The maximum absolute atomic E-state index is 9.75. The number of aliphatic hydroxyl groups excluding tert-OH is 1. The van der Waals surface area contributed by atoms with E-state index in [1.807, 2.05) is 37.6 Å². The number of aliphatic imine (C=N–C) groups is 1. The van der Waals surface area contributed by atoms with Crippen LogP contribution in [0.1, 0.15) is 35.7 Å². The molecule has 1 aromatic rings. The van der Waals surface area contributed by atoms with Gasteiger partial charge >= 0.3 is 0 Å². The highest BCUT2D eigenvalue weighted by atomic mass is 16.3. The minimum Gasteiger partial charge on any atom is -0.389 e. The summed E-state index contributed by atoms with van der Waals surface area (Å²) in [7, 11) is 0. The van der Waals surface area contributed by atoms with Crippen LogP contribution in [0, 0.1) is 6.92 Å². The Morgan fingerprint density at radius 2 is 2.26 bits per heavy atom. The molecule has 1 aromatic heterocycles. The van der Waals surface area contributed by atoms with Crippen LogP contribution in [0.4, 0.5) is 0 Å². The number of aliphatic hydroxyl groups is 1. The van der Waals surface area contributed by atoms with Crippen molar-refractivity contribution >= 4 is 11.8 Å².